The maximum absolute atomic E-state index is 12.3. The van der Waals surface area contributed by atoms with Crippen molar-refractivity contribution in [1.29, 1.82) is 0 Å². The zero-order valence-corrected chi connectivity index (χ0v) is 28.9. The number of rotatable bonds is 6. The number of nitrogens with two attached hydrogens (primary N) is 1. The molecule has 2 aliphatic heterocycles. The van der Waals surface area contributed by atoms with Crippen molar-refractivity contribution in [3.63, 3.8) is 0 Å². The average Bonchev–Trinajstić information content (AvgIpc) is 2.90. The molecule has 3 N–H and O–H groups in total. The number of pyridine rings is 1. The van der Waals surface area contributed by atoms with Gasteiger partial charge in [-0.3, -0.25) is 19.4 Å². The Kier molecular flexibility index (Phi) is 13.9. The van der Waals surface area contributed by atoms with E-state index in [2.05, 4.69) is 10.3 Å². The van der Waals surface area contributed by atoms with E-state index in [1.54, 1.807) is 51.3 Å². The largest absolute Gasteiger partial charge is 0.444 e. The van der Waals surface area contributed by atoms with Gasteiger partial charge in [0.2, 0.25) is 11.8 Å². The molecule has 0 radical (unpaired) electrons. The van der Waals surface area contributed by atoms with Crippen LogP contribution < -0.4 is 11.1 Å². The second-order valence-corrected chi connectivity index (χ2v) is 13.4. The first-order chi connectivity index (χ1) is 20.3. The summed E-state index contributed by atoms with van der Waals surface area (Å²) in [5.74, 6) is -0.246. The second kappa shape index (κ2) is 16.2. The summed E-state index contributed by atoms with van der Waals surface area (Å²) >= 11 is 24.0. The predicted molar refractivity (Wildman–Crippen MR) is 171 cm³/mol. The molecule has 0 bridgehead atoms. The Balaban J connectivity index is 0.000000342. The van der Waals surface area contributed by atoms with Gasteiger partial charge >= 0.3 is 12.2 Å². The van der Waals surface area contributed by atoms with Crippen LogP contribution in [0.5, 0.6) is 0 Å². The molecule has 0 unspecified atom stereocenters. The highest BCUT2D eigenvalue weighted by Crippen LogP contribution is 2.38. The molecule has 0 saturated carbocycles. The third-order valence-electron chi connectivity index (χ3n) is 6.02. The first-order valence-electron chi connectivity index (χ1n) is 14.0. The summed E-state index contributed by atoms with van der Waals surface area (Å²) in [6.07, 6.45) is -0.925. The Hall–Kier alpha value is -2.45. The van der Waals surface area contributed by atoms with E-state index in [9.17, 15) is 19.2 Å². The molecule has 2 fully saturated rings. The third kappa shape index (κ3) is 11.8. The summed E-state index contributed by atoms with van der Waals surface area (Å²) in [4.78, 5) is 57.7. The van der Waals surface area contributed by atoms with E-state index in [4.69, 9.17) is 61.6 Å². The predicted octanol–water partition coefficient (Wildman–Crippen LogP) is 4.21. The summed E-state index contributed by atoms with van der Waals surface area (Å²) in [7, 11) is 0. The van der Waals surface area contributed by atoms with Gasteiger partial charge in [-0.2, -0.15) is 0 Å². The van der Waals surface area contributed by atoms with Crippen molar-refractivity contribution in [1.82, 2.24) is 24.6 Å². The summed E-state index contributed by atoms with van der Waals surface area (Å²) in [5, 5.41) is 3.42. The highest BCUT2D eigenvalue weighted by atomic mass is 35.5. The molecule has 17 heteroatoms. The lowest BCUT2D eigenvalue weighted by atomic mass is 10.2. The van der Waals surface area contributed by atoms with Crippen LogP contribution in [0.1, 0.15) is 41.5 Å². The minimum absolute atomic E-state index is 0.0245. The van der Waals surface area contributed by atoms with Crippen LogP contribution in [0.3, 0.4) is 0 Å². The summed E-state index contributed by atoms with van der Waals surface area (Å²) in [6, 6.07) is 0. The number of halogens is 4. The van der Waals surface area contributed by atoms with Crippen LogP contribution in [0.4, 0.5) is 15.3 Å². The molecule has 44 heavy (non-hydrogen) atoms. The van der Waals surface area contributed by atoms with Crippen molar-refractivity contribution in [2.24, 2.45) is 5.73 Å². The smallest absolute Gasteiger partial charge is 0.410 e. The van der Waals surface area contributed by atoms with Crippen molar-refractivity contribution < 1.29 is 28.7 Å². The van der Waals surface area contributed by atoms with Crippen molar-refractivity contribution in [3.8, 4) is 0 Å². The van der Waals surface area contributed by atoms with Crippen LogP contribution in [0.2, 0.25) is 20.4 Å². The van der Waals surface area contributed by atoms with Crippen LogP contribution in [0.25, 0.3) is 0 Å². The van der Waals surface area contributed by atoms with Crippen LogP contribution in [-0.2, 0) is 19.1 Å². The Morgan fingerprint density at radius 2 is 1.18 bits per heavy atom. The number of hydrogen-bond donors (Lipinski definition) is 2. The minimum Gasteiger partial charge on any atom is -0.444 e. The van der Waals surface area contributed by atoms with Crippen LogP contribution in [0.15, 0.2) is 0 Å². The zero-order valence-electron chi connectivity index (χ0n) is 25.8. The SMILES string of the molecule is CC(C)(C)OC(=O)N1CCN(CCN)C(=O)C1.CC(C)(C)OC(=O)N1CCN(CCNc2c(Cl)c(Cl)nc(Cl)c2Cl)C(=O)C1. The maximum atomic E-state index is 12.3. The topological polar surface area (TPSA) is 151 Å². The van der Waals surface area contributed by atoms with E-state index < -0.39 is 23.4 Å². The molecule has 3 rings (SSSR count). The van der Waals surface area contributed by atoms with Crippen molar-refractivity contribution in [2.45, 2.75) is 52.7 Å². The quantitative estimate of drug-likeness (QED) is 0.416. The van der Waals surface area contributed by atoms with Gasteiger partial charge in [0.25, 0.3) is 0 Å². The van der Waals surface area contributed by atoms with E-state index in [0.717, 1.165) is 0 Å². The van der Waals surface area contributed by atoms with Gasteiger partial charge in [0.1, 0.15) is 34.3 Å². The van der Waals surface area contributed by atoms with Gasteiger partial charge in [0, 0.05) is 52.4 Å². The Morgan fingerprint density at radius 1 is 0.773 bits per heavy atom. The highest BCUT2D eigenvalue weighted by Gasteiger charge is 2.31. The molecular formula is C27H41Cl4N7O6. The lowest BCUT2D eigenvalue weighted by molar-refractivity contribution is -0.136. The van der Waals surface area contributed by atoms with Gasteiger partial charge < -0.3 is 30.3 Å². The van der Waals surface area contributed by atoms with Crippen LogP contribution in [0, 0.1) is 0 Å². The summed E-state index contributed by atoms with van der Waals surface area (Å²) in [6.45, 7) is 14.4. The number of anilines is 1. The molecule has 3 heterocycles. The Labute approximate surface area is 278 Å². The number of hydrogen-bond acceptors (Lipinski definition) is 9. The minimum atomic E-state index is -0.604. The molecular weight excluding hydrogens is 660 g/mol. The average molecular weight is 701 g/mol. The van der Waals surface area contributed by atoms with Gasteiger partial charge in [-0.25, -0.2) is 14.6 Å². The van der Waals surface area contributed by atoms with Gasteiger partial charge in [0.05, 0.1) is 5.69 Å². The van der Waals surface area contributed by atoms with Crippen molar-refractivity contribution in [3.05, 3.63) is 20.4 Å². The number of piperazine rings is 2. The lowest BCUT2D eigenvalue weighted by Crippen LogP contribution is -2.54. The standard InChI is InChI=1S/C16H20Cl4N4O3.C11H21N3O3/c1-16(2,3)27-15(26)24-7-6-23(9(25)8-24)5-4-21-12-10(17)13(19)22-14(20)11(12)18;1-11(2,3)17-10(16)14-7-6-13(5-4-12)9(15)8-14/h4-8H2,1-3H3,(H,21,22);4-8,12H2,1-3H3. The van der Waals surface area contributed by atoms with E-state index in [1.807, 2.05) is 0 Å². The van der Waals surface area contributed by atoms with Crippen LogP contribution in [-0.4, -0.2) is 125 Å². The Morgan fingerprint density at radius 3 is 1.55 bits per heavy atom. The normalized spacial score (nSPS) is 16.0. The molecule has 1 aromatic rings. The first kappa shape index (κ1) is 37.7. The number of carbonyl (C=O) groups is 4. The fraction of sp³-hybridized carbons (Fsp3) is 0.667. The number of ether oxygens (including phenoxy) is 2. The first-order valence-corrected chi connectivity index (χ1v) is 15.5. The third-order valence-corrected chi connectivity index (χ3v) is 7.50. The molecule has 248 valence electrons. The fourth-order valence-corrected chi connectivity index (χ4v) is 4.83. The van der Waals surface area contributed by atoms with E-state index >= 15 is 0 Å². The van der Waals surface area contributed by atoms with E-state index in [0.29, 0.717) is 58.0 Å². The van der Waals surface area contributed by atoms with Crippen LogP contribution >= 0.6 is 46.4 Å². The number of nitrogens with one attached hydrogen (secondary N) is 1. The van der Waals surface area contributed by atoms with Gasteiger partial charge in [-0.15, -0.1) is 0 Å². The number of amides is 4. The number of nitrogens with zero attached hydrogens (tertiary/aromatic N) is 5. The fourth-order valence-electron chi connectivity index (χ4n) is 3.97. The number of aromatic nitrogens is 1. The molecule has 2 saturated heterocycles. The van der Waals surface area contributed by atoms with Crippen molar-refractivity contribution >= 4 is 76.1 Å². The second-order valence-electron chi connectivity index (χ2n) is 12.0. The zero-order chi connectivity index (χ0) is 33.4. The monoisotopic (exact) mass is 699 g/mol. The molecule has 0 aliphatic carbocycles. The highest BCUT2D eigenvalue weighted by molar-refractivity contribution is 6.48. The molecule has 0 atom stereocenters. The molecule has 13 nitrogen and oxygen atoms in total. The summed E-state index contributed by atoms with van der Waals surface area (Å²) < 4.78 is 10.5. The van der Waals surface area contributed by atoms with Gasteiger partial charge in [-0.05, 0) is 41.5 Å². The molecule has 1 aromatic heterocycles. The lowest BCUT2D eigenvalue weighted by Gasteiger charge is -2.35. The van der Waals surface area contributed by atoms with Gasteiger partial charge in [0.15, 0.2) is 10.3 Å². The Bertz CT molecular complexity index is 1180. The summed E-state index contributed by atoms with van der Waals surface area (Å²) in [5.41, 5.74) is 4.63. The number of carbonyl (C=O) groups excluding carboxylic acids is 4. The van der Waals surface area contributed by atoms with Gasteiger partial charge in [-0.1, -0.05) is 46.4 Å². The molecule has 0 spiro atoms. The van der Waals surface area contributed by atoms with E-state index in [1.165, 1.54) is 9.80 Å². The molecule has 0 aromatic carbocycles. The molecule has 2 aliphatic rings. The molecule has 4 amide bonds. The van der Waals surface area contributed by atoms with Crippen molar-refractivity contribution in [2.75, 3.05) is 70.8 Å². The maximum Gasteiger partial charge on any atom is 0.410 e. The van der Waals surface area contributed by atoms with E-state index in [-0.39, 0.29) is 45.3 Å².